The minimum absolute atomic E-state index is 0.0269. The number of rotatable bonds is 4. The highest BCUT2D eigenvalue weighted by atomic mass is 35.5. The summed E-state index contributed by atoms with van der Waals surface area (Å²) < 4.78 is 56.4. The standard InChI is InChI=1S/C16H10ClF4N3O/c17-11-2-1-3-12(14(11)18)22-8-13-23-15(24-25-13)9-4-6-10(7-5-9)16(19,20)21/h1-7,22H,8H2. The first-order valence-corrected chi connectivity index (χ1v) is 7.40. The summed E-state index contributed by atoms with van der Waals surface area (Å²) >= 11 is 5.68. The van der Waals surface area contributed by atoms with Gasteiger partial charge in [0.05, 0.1) is 22.8 Å². The maximum Gasteiger partial charge on any atom is 0.416 e. The van der Waals surface area contributed by atoms with E-state index in [0.717, 1.165) is 12.1 Å². The second-order valence-electron chi connectivity index (χ2n) is 5.04. The van der Waals surface area contributed by atoms with Crippen LogP contribution in [-0.4, -0.2) is 10.1 Å². The first-order chi connectivity index (χ1) is 11.8. The predicted molar refractivity (Wildman–Crippen MR) is 83.5 cm³/mol. The zero-order valence-electron chi connectivity index (χ0n) is 12.4. The van der Waals surface area contributed by atoms with Gasteiger partial charge in [-0.1, -0.05) is 35.0 Å². The van der Waals surface area contributed by atoms with Crippen molar-refractivity contribution in [2.45, 2.75) is 12.7 Å². The first kappa shape index (κ1) is 17.2. The lowest BCUT2D eigenvalue weighted by atomic mass is 10.1. The molecule has 0 saturated heterocycles. The van der Waals surface area contributed by atoms with Crippen LogP contribution in [0.15, 0.2) is 47.0 Å². The van der Waals surface area contributed by atoms with Crippen LogP contribution in [0.1, 0.15) is 11.5 Å². The molecule has 0 aliphatic heterocycles. The summed E-state index contributed by atoms with van der Waals surface area (Å²) in [5.74, 6) is -0.321. The normalized spacial score (nSPS) is 11.6. The van der Waals surface area contributed by atoms with Crippen molar-refractivity contribution in [3.8, 4) is 11.4 Å². The highest BCUT2D eigenvalue weighted by Gasteiger charge is 2.30. The number of benzene rings is 2. The molecule has 3 rings (SSSR count). The summed E-state index contributed by atoms with van der Waals surface area (Å²) in [4.78, 5) is 4.06. The summed E-state index contributed by atoms with van der Waals surface area (Å²) in [6, 6.07) is 8.86. The van der Waals surface area contributed by atoms with E-state index in [4.69, 9.17) is 16.1 Å². The van der Waals surface area contributed by atoms with Gasteiger partial charge in [-0.3, -0.25) is 0 Å². The monoisotopic (exact) mass is 371 g/mol. The molecule has 0 saturated carbocycles. The quantitative estimate of drug-likeness (QED) is 0.644. The number of aromatic nitrogens is 2. The van der Waals surface area contributed by atoms with Gasteiger partial charge in [-0.2, -0.15) is 18.2 Å². The SMILES string of the molecule is Fc1c(Cl)cccc1NCc1nc(-c2ccc(C(F)(F)F)cc2)no1. The molecule has 0 fully saturated rings. The van der Waals surface area contributed by atoms with Gasteiger partial charge in [0.1, 0.15) is 0 Å². The van der Waals surface area contributed by atoms with E-state index < -0.39 is 17.6 Å². The van der Waals surface area contributed by atoms with E-state index in [-0.39, 0.29) is 29.0 Å². The Hall–Kier alpha value is -2.61. The Labute approximate surface area is 144 Å². The van der Waals surface area contributed by atoms with Crippen LogP contribution in [0.2, 0.25) is 5.02 Å². The summed E-state index contributed by atoms with van der Waals surface area (Å²) in [6.45, 7) is 0.0326. The molecule has 1 N–H and O–H groups in total. The third-order valence-electron chi connectivity index (χ3n) is 3.32. The van der Waals surface area contributed by atoms with Crippen molar-refractivity contribution in [1.82, 2.24) is 10.1 Å². The van der Waals surface area contributed by atoms with Crippen LogP contribution in [0.5, 0.6) is 0 Å². The zero-order valence-corrected chi connectivity index (χ0v) is 13.2. The Kier molecular flexibility index (Phi) is 4.63. The van der Waals surface area contributed by atoms with E-state index in [1.54, 1.807) is 6.07 Å². The Balaban J connectivity index is 1.71. The molecule has 0 bridgehead atoms. The van der Waals surface area contributed by atoms with Gasteiger partial charge < -0.3 is 9.84 Å². The van der Waals surface area contributed by atoms with E-state index in [9.17, 15) is 17.6 Å². The first-order valence-electron chi connectivity index (χ1n) is 7.02. The Morgan fingerprint density at radius 1 is 1.08 bits per heavy atom. The second-order valence-corrected chi connectivity index (χ2v) is 5.45. The van der Waals surface area contributed by atoms with Crippen molar-refractivity contribution in [2.75, 3.05) is 5.32 Å². The number of halogens is 5. The van der Waals surface area contributed by atoms with E-state index in [2.05, 4.69) is 15.5 Å². The Morgan fingerprint density at radius 2 is 1.80 bits per heavy atom. The van der Waals surface area contributed by atoms with Crippen molar-refractivity contribution in [2.24, 2.45) is 0 Å². The van der Waals surface area contributed by atoms with Gasteiger partial charge in [-0.25, -0.2) is 4.39 Å². The lowest BCUT2D eigenvalue weighted by Crippen LogP contribution is -2.04. The fourth-order valence-corrected chi connectivity index (χ4v) is 2.24. The highest BCUT2D eigenvalue weighted by Crippen LogP contribution is 2.30. The van der Waals surface area contributed by atoms with Crippen LogP contribution in [-0.2, 0) is 12.7 Å². The zero-order chi connectivity index (χ0) is 18.0. The number of nitrogens with one attached hydrogen (secondary N) is 1. The average molecular weight is 372 g/mol. The largest absolute Gasteiger partial charge is 0.416 e. The summed E-state index contributed by atoms with van der Waals surface area (Å²) in [7, 11) is 0. The third kappa shape index (κ3) is 3.90. The smallest absolute Gasteiger partial charge is 0.374 e. The fraction of sp³-hybridized carbons (Fsp3) is 0.125. The molecule has 3 aromatic rings. The lowest BCUT2D eigenvalue weighted by molar-refractivity contribution is -0.137. The molecule has 0 aliphatic carbocycles. The Bertz CT molecular complexity index is 878. The number of hydrogen-bond donors (Lipinski definition) is 1. The van der Waals surface area contributed by atoms with Crippen LogP contribution in [0.4, 0.5) is 23.2 Å². The van der Waals surface area contributed by atoms with Crippen LogP contribution in [0.25, 0.3) is 11.4 Å². The highest BCUT2D eigenvalue weighted by molar-refractivity contribution is 6.31. The minimum Gasteiger partial charge on any atom is -0.374 e. The second kappa shape index (κ2) is 6.72. The topological polar surface area (TPSA) is 51.0 Å². The molecule has 0 spiro atoms. The number of hydrogen-bond acceptors (Lipinski definition) is 4. The lowest BCUT2D eigenvalue weighted by Gasteiger charge is -2.06. The maximum absolute atomic E-state index is 13.8. The van der Waals surface area contributed by atoms with Crippen LogP contribution < -0.4 is 5.32 Å². The molecule has 130 valence electrons. The van der Waals surface area contributed by atoms with E-state index in [0.29, 0.717) is 5.56 Å². The fourth-order valence-electron chi connectivity index (χ4n) is 2.06. The van der Waals surface area contributed by atoms with Crippen LogP contribution in [0, 0.1) is 5.82 Å². The molecule has 4 nitrogen and oxygen atoms in total. The van der Waals surface area contributed by atoms with Gasteiger partial charge in [-0.15, -0.1) is 0 Å². The van der Waals surface area contributed by atoms with Gasteiger partial charge >= 0.3 is 6.18 Å². The molecule has 1 heterocycles. The molecule has 1 aromatic heterocycles. The van der Waals surface area contributed by atoms with Gasteiger partial charge in [0.2, 0.25) is 11.7 Å². The number of anilines is 1. The number of alkyl halides is 3. The van der Waals surface area contributed by atoms with Crippen molar-refractivity contribution in [3.63, 3.8) is 0 Å². The van der Waals surface area contributed by atoms with Crippen molar-refractivity contribution >= 4 is 17.3 Å². The Morgan fingerprint density at radius 3 is 2.48 bits per heavy atom. The average Bonchev–Trinajstić information content (AvgIpc) is 3.04. The molecular weight excluding hydrogens is 362 g/mol. The van der Waals surface area contributed by atoms with Crippen molar-refractivity contribution < 1.29 is 22.1 Å². The third-order valence-corrected chi connectivity index (χ3v) is 3.61. The van der Waals surface area contributed by atoms with Crippen molar-refractivity contribution in [1.29, 1.82) is 0 Å². The van der Waals surface area contributed by atoms with E-state index >= 15 is 0 Å². The van der Waals surface area contributed by atoms with E-state index in [1.165, 1.54) is 24.3 Å². The van der Waals surface area contributed by atoms with Gasteiger partial charge in [-0.05, 0) is 24.3 Å². The molecule has 0 aliphatic rings. The van der Waals surface area contributed by atoms with Crippen LogP contribution in [0.3, 0.4) is 0 Å². The summed E-state index contributed by atoms with van der Waals surface area (Å²) in [5, 5.41) is 6.44. The van der Waals surface area contributed by atoms with Gasteiger partial charge in [0.15, 0.2) is 5.82 Å². The molecule has 0 atom stereocenters. The molecular formula is C16H10ClF4N3O. The summed E-state index contributed by atoms with van der Waals surface area (Å²) in [5.41, 5.74) is -0.225. The van der Waals surface area contributed by atoms with E-state index in [1.807, 2.05) is 0 Å². The maximum atomic E-state index is 13.8. The molecule has 25 heavy (non-hydrogen) atoms. The van der Waals surface area contributed by atoms with Crippen LogP contribution >= 0.6 is 11.6 Å². The van der Waals surface area contributed by atoms with Gasteiger partial charge in [0.25, 0.3) is 0 Å². The molecule has 0 unspecified atom stereocenters. The predicted octanol–water partition coefficient (Wildman–Crippen LogP) is 5.16. The van der Waals surface area contributed by atoms with Crippen molar-refractivity contribution in [3.05, 3.63) is 64.8 Å². The minimum atomic E-state index is -4.41. The summed E-state index contributed by atoms with van der Waals surface area (Å²) in [6.07, 6.45) is -4.41. The van der Waals surface area contributed by atoms with Gasteiger partial charge in [0, 0.05) is 5.56 Å². The molecule has 0 radical (unpaired) electrons. The molecule has 2 aromatic carbocycles. The number of nitrogens with zero attached hydrogens (tertiary/aromatic N) is 2. The molecule has 0 amide bonds. The molecule has 9 heteroatoms.